The highest BCUT2D eigenvalue weighted by molar-refractivity contribution is 7.98. The molecule has 0 heterocycles. The van der Waals surface area contributed by atoms with E-state index in [1.165, 1.54) is 6.07 Å². The number of thioether (sulfide) groups is 1. The second-order valence-electron chi connectivity index (χ2n) is 4.92. The summed E-state index contributed by atoms with van der Waals surface area (Å²) in [6, 6.07) is 2.66. The standard InChI is InChI=1S/C14H21NO4S2/c1-5-11(8-20-4)15-21(18,19)13-7-12(14(16)17)9(2)6-10(13)3/h6-7,11,15H,5,8H2,1-4H3,(H,16,17). The zero-order chi connectivity index (χ0) is 16.2. The first-order valence-electron chi connectivity index (χ1n) is 6.58. The molecule has 0 amide bonds. The van der Waals surface area contributed by atoms with Crippen molar-refractivity contribution in [2.45, 2.75) is 38.1 Å². The zero-order valence-corrected chi connectivity index (χ0v) is 14.3. The van der Waals surface area contributed by atoms with Crippen LogP contribution in [0.3, 0.4) is 0 Å². The van der Waals surface area contributed by atoms with Crippen molar-refractivity contribution < 1.29 is 18.3 Å². The minimum Gasteiger partial charge on any atom is -0.478 e. The lowest BCUT2D eigenvalue weighted by Crippen LogP contribution is -2.36. The van der Waals surface area contributed by atoms with Gasteiger partial charge < -0.3 is 5.11 Å². The molecule has 0 aliphatic heterocycles. The maximum absolute atomic E-state index is 12.5. The van der Waals surface area contributed by atoms with E-state index in [9.17, 15) is 13.2 Å². The average molecular weight is 331 g/mol. The Morgan fingerprint density at radius 2 is 1.95 bits per heavy atom. The fourth-order valence-electron chi connectivity index (χ4n) is 2.07. The molecule has 0 aliphatic carbocycles. The quantitative estimate of drug-likeness (QED) is 0.802. The number of benzene rings is 1. The molecule has 1 aromatic rings. The van der Waals surface area contributed by atoms with E-state index in [2.05, 4.69) is 4.72 Å². The van der Waals surface area contributed by atoms with Gasteiger partial charge in [-0.1, -0.05) is 13.0 Å². The van der Waals surface area contributed by atoms with Crippen molar-refractivity contribution >= 4 is 27.8 Å². The Labute approximate surface area is 130 Å². The van der Waals surface area contributed by atoms with Crippen molar-refractivity contribution in [2.75, 3.05) is 12.0 Å². The maximum atomic E-state index is 12.5. The lowest BCUT2D eigenvalue weighted by Gasteiger charge is -2.17. The number of carbonyl (C=O) groups is 1. The summed E-state index contributed by atoms with van der Waals surface area (Å²) in [6.45, 7) is 5.24. The third-order valence-corrected chi connectivity index (χ3v) is 5.62. The first-order chi connectivity index (χ1) is 9.72. The minimum absolute atomic E-state index is 0.0129. The highest BCUT2D eigenvalue weighted by Gasteiger charge is 2.23. The van der Waals surface area contributed by atoms with E-state index in [0.29, 0.717) is 23.3 Å². The van der Waals surface area contributed by atoms with Gasteiger partial charge >= 0.3 is 5.97 Å². The molecule has 0 bridgehead atoms. The highest BCUT2D eigenvalue weighted by Crippen LogP contribution is 2.21. The zero-order valence-electron chi connectivity index (χ0n) is 12.6. The number of aryl methyl sites for hydroxylation is 2. The fourth-order valence-corrected chi connectivity index (χ4v) is 4.47. The van der Waals surface area contributed by atoms with Gasteiger partial charge in [0.2, 0.25) is 10.0 Å². The van der Waals surface area contributed by atoms with Crippen molar-refractivity contribution in [3.05, 3.63) is 28.8 Å². The van der Waals surface area contributed by atoms with Gasteiger partial charge in [-0.3, -0.25) is 0 Å². The van der Waals surface area contributed by atoms with Crippen LogP contribution in [0.4, 0.5) is 0 Å². The number of rotatable bonds is 7. The van der Waals surface area contributed by atoms with Crippen LogP contribution in [-0.4, -0.2) is 37.5 Å². The molecule has 5 nitrogen and oxygen atoms in total. The summed E-state index contributed by atoms with van der Waals surface area (Å²) >= 11 is 1.56. The Hall–Kier alpha value is -1.05. The first-order valence-corrected chi connectivity index (χ1v) is 9.46. The monoisotopic (exact) mass is 331 g/mol. The van der Waals surface area contributed by atoms with Crippen LogP contribution >= 0.6 is 11.8 Å². The molecule has 1 rings (SSSR count). The van der Waals surface area contributed by atoms with Gasteiger partial charge in [-0.25, -0.2) is 17.9 Å². The molecule has 2 N–H and O–H groups in total. The van der Waals surface area contributed by atoms with Crippen LogP contribution in [0.1, 0.15) is 34.8 Å². The Morgan fingerprint density at radius 1 is 1.33 bits per heavy atom. The summed E-state index contributed by atoms with van der Waals surface area (Å²) in [5, 5.41) is 9.14. The van der Waals surface area contributed by atoms with Crippen LogP contribution in [0.25, 0.3) is 0 Å². The predicted octanol–water partition coefficient (Wildman–Crippen LogP) is 2.42. The van der Waals surface area contributed by atoms with Crippen molar-refractivity contribution in [3.63, 3.8) is 0 Å². The number of carboxylic acid groups (broad SMARTS) is 1. The predicted molar refractivity (Wildman–Crippen MR) is 85.7 cm³/mol. The molecule has 0 aromatic heterocycles. The molecular formula is C14H21NO4S2. The summed E-state index contributed by atoms with van der Waals surface area (Å²) in [6.07, 6.45) is 2.59. The molecule has 0 fully saturated rings. The van der Waals surface area contributed by atoms with Gasteiger partial charge in [-0.05, 0) is 43.7 Å². The number of carboxylic acids is 1. The van der Waals surface area contributed by atoms with Crippen LogP contribution < -0.4 is 4.72 Å². The third kappa shape index (κ3) is 4.46. The van der Waals surface area contributed by atoms with E-state index in [0.717, 1.165) is 0 Å². The molecule has 7 heteroatoms. The van der Waals surface area contributed by atoms with Crippen LogP contribution in [0, 0.1) is 13.8 Å². The van der Waals surface area contributed by atoms with Crippen LogP contribution in [0.2, 0.25) is 0 Å². The van der Waals surface area contributed by atoms with Gasteiger partial charge in [0, 0.05) is 11.8 Å². The molecule has 0 saturated heterocycles. The van der Waals surface area contributed by atoms with Gasteiger partial charge in [-0.15, -0.1) is 0 Å². The third-order valence-electron chi connectivity index (χ3n) is 3.22. The molecule has 21 heavy (non-hydrogen) atoms. The van der Waals surface area contributed by atoms with Gasteiger partial charge in [0.1, 0.15) is 0 Å². The van der Waals surface area contributed by atoms with E-state index < -0.39 is 16.0 Å². The van der Waals surface area contributed by atoms with Crippen molar-refractivity contribution in [1.82, 2.24) is 4.72 Å². The van der Waals surface area contributed by atoms with Gasteiger partial charge in [0.05, 0.1) is 10.5 Å². The first kappa shape index (κ1) is 18.0. The summed E-state index contributed by atoms with van der Waals surface area (Å²) in [4.78, 5) is 11.2. The second-order valence-corrected chi connectivity index (χ2v) is 7.51. The van der Waals surface area contributed by atoms with E-state index in [1.807, 2.05) is 13.2 Å². The number of aromatic carboxylic acids is 1. The van der Waals surface area contributed by atoms with E-state index >= 15 is 0 Å². The Kier molecular flexibility index (Phi) is 6.24. The Bertz CT molecular complexity index is 626. The molecule has 0 aliphatic rings. The molecule has 118 valence electrons. The van der Waals surface area contributed by atoms with E-state index in [1.54, 1.807) is 31.7 Å². The van der Waals surface area contributed by atoms with Crippen LogP contribution in [-0.2, 0) is 10.0 Å². The van der Waals surface area contributed by atoms with E-state index in [4.69, 9.17) is 5.11 Å². The molecule has 0 saturated carbocycles. The van der Waals surface area contributed by atoms with Gasteiger partial charge in [0.15, 0.2) is 0 Å². The highest BCUT2D eigenvalue weighted by atomic mass is 32.2. The number of sulfonamides is 1. The normalized spacial score (nSPS) is 13.1. The van der Waals surface area contributed by atoms with Crippen LogP contribution in [0.5, 0.6) is 0 Å². The summed E-state index contributed by atoms with van der Waals surface area (Å²) in [7, 11) is -3.72. The molecule has 1 unspecified atom stereocenters. The van der Waals surface area contributed by atoms with Gasteiger partial charge in [0.25, 0.3) is 0 Å². The number of nitrogens with one attached hydrogen (secondary N) is 1. The molecule has 1 aromatic carbocycles. The van der Waals surface area contributed by atoms with E-state index in [-0.39, 0.29) is 16.5 Å². The van der Waals surface area contributed by atoms with Crippen molar-refractivity contribution in [2.24, 2.45) is 0 Å². The maximum Gasteiger partial charge on any atom is 0.335 e. The SMILES string of the molecule is CCC(CSC)NS(=O)(=O)c1cc(C(=O)O)c(C)cc1C. The summed E-state index contributed by atoms with van der Waals surface area (Å²) in [5.41, 5.74) is 1.11. The van der Waals surface area contributed by atoms with Gasteiger partial charge in [-0.2, -0.15) is 11.8 Å². The Balaban J connectivity index is 3.25. The lowest BCUT2D eigenvalue weighted by atomic mass is 10.1. The molecule has 1 atom stereocenters. The fraction of sp³-hybridized carbons (Fsp3) is 0.500. The molecular weight excluding hydrogens is 310 g/mol. The molecule has 0 radical (unpaired) electrons. The van der Waals surface area contributed by atoms with Crippen molar-refractivity contribution in [3.8, 4) is 0 Å². The second kappa shape index (κ2) is 7.29. The van der Waals surface area contributed by atoms with Crippen molar-refractivity contribution in [1.29, 1.82) is 0 Å². The largest absolute Gasteiger partial charge is 0.478 e. The lowest BCUT2D eigenvalue weighted by molar-refractivity contribution is 0.0696. The summed E-state index contributed by atoms with van der Waals surface area (Å²) < 4.78 is 27.6. The Morgan fingerprint density at radius 3 is 2.43 bits per heavy atom. The average Bonchev–Trinajstić information content (AvgIpc) is 2.37. The smallest absolute Gasteiger partial charge is 0.335 e. The minimum atomic E-state index is -3.72. The van der Waals surface area contributed by atoms with Crippen LogP contribution in [0.15, 0.2) is 17.0 Å². The number of hydrogen-bond acceptors (Lipinski definition) is 4. The summed E-state index contributed by atoms with van der Waals surface area (Å²) in [5.74, 6) is -0.452. The topological polar surface area (TPSA) is 83.5 Å². The molecule has 0 spiro atoms. The number of hydrogen-bond donors (Lipinski definition) is 2.